The molecule has 0 radical (unpaired) electrons. The number of allylic oxidation sites excluding steroid dienone is 2. The first kappa shape index (κ1) is 20.5. The van der Waals surface area contributed by atoms with Gasteiger partial charge in [-0.25, -0.2) is 8.78 Å². The van der Waals surface area contributed by atoms with Crippen LogP contribution in [0, 0.1) is 11.6 Å². The number of rotatable bonds is 4. The van der Waals surface area contributed by atoms with Gasteiger partial charge >= 0.3 is 12.4 Å². The molecule has 0 unspecified atom stereocenters. The van der Waals surface area contributed by atoms with Crippen LogP contribution in [0.15, 0.2) is 60.7 Å². The zero-order valence-corrected chi connectivity index (χ0v) is 13.2. The highest BCUT2D eigenvalue weighted by molar-refractivity contribution is 5.71. The Morgan fingerprint density at radius 1 is 0.630 bits per heavy atom. The van der Waals surface area contributed by atoms with Crippen molar-refractivity contribution < 1.29 is 39.9 Å². The predicted molar refractivity (Wildman–Crippen MR) is 81.9 cm³/mol. The van der Waals surface area contributed by atoms with Crippen LogP contribution in [0.4, 0.5) is 35.1 Å². The standard InChI is InChI=1S/C18H10F8O/c19-13-7-3-1-5-11(13)15(9-17(21,22)23)27-16(10-18(24,25)26)12-6-2-4-8-14(12)20/h1-10H/b15-9-,16-10+. The molecule has 0 aliphatic carbocycles. The normalized spacial score (nSPS) is 13.6. The third-order valence-electron chi connectivity index (χ3n) is 3.09. The van der Waals surface area contributed by atoms with Crippen LogP contribution in [0.3, 0.4) is 0 Å². The number of hydrogen-bond donors (Lipinski definition) is 0. The minimum Gasteiger partial charge on any atom is -0.456 e. The molecule has 0 saturated carbocycles. The SMILES string of the molecule is Fc1ccccc1/C(=C/C(F)(F)F)O/C(=C/C(F)(F)F)c1ccccc1F. The average Bonchev–Trinajstić information content (AvgIpc) is 2.52. The molecule has 0 spiro atoms. The Morgan fingerprint density at radius 2 is 0.963 bits per heavy atom. The summed E-state index contributed by atoms with van der Waals surface area (Å²) < 4.78 is 109. The molecule has 2 rings (SSSR count). The molecule has 0 amide bonds. The Morgan fingerprint density at radius 3 is 1.26 bits per heavy atom. The molecule has 144 valence electrons. The summed E-state index contributed by atoms with van der Waals surface area (Å²) in [6.07, 6.45) is -11.1. The zero-order chi connectivity index (χ0) is 20.2. The Hall–Kier alpha value is -2.84. The molecular weight excluding hydrogens is 384 g/mol. The summed E-state index contributed by atoms with van der Waals surface area (Å²) in [5, 5.41) is 0. The van der Waals surface area contributed by atoms with Crippen LogP contribution >= 0.6 is 0 Å². The fourth-order valence-electron chi connectivity index (χ4n) is 2.06. The van der Waals surface area contributed by atoms with Gasteiger partial charge in [-0.2, -0.15) is 26.3 Å². The molecule has 0 aromatic heterocycles. The highest BCUT2D eigenvalue weighted by Gasteiger charge is 2.31. The molecule has 0 heterocycles. The van der Waals surface area contributed by atoms with Crippen LogP contribution in [0.1, 0.15) is 11.1 Å². The predicted octanol–water partition coefficient (Wildman–Crippen LogP) is 6.49. The van der Waals surface area contributed by atoms with Gasteiger partial charge in [-0.05, 0) is 24.3 Å². The largest absolute Gasteiger partial charge is 0.456 e. The second kappa shape index (κ2) is 7.81. The highest BCUT2D eigenvalue weighted by atomic mass is 19.4. The topological polar surface area (TPSA) is 9.23 Å². The molecule has 0 bridgehead atoms. The first-order valence-corrected chi connectivity index (χ1v) is 7.23. The van der Waals surface area contributed by atoms with Crippen molar-refractivity contribution in [3.8, 4) is 0 Å². The van der Waals surface area contributed by atoms with Gasteiger partial charge in [0.25, 0.3) is 0 Å². The minimum absolute atomic E-state index is 0.503. The summed E-state index contributed by atoms with van der Waals surface area (Å²) in [6, 6.07) is 8.07. The summed E-state index contributed by atoms with van der Waals surface area (Å²) >= 11 is 0. The van der Waals surface area contributed by atoms with E-state index >= 15 is 0 Å². The van der Waals surface area contributed by atoms with E-state index in [4.69, 9.17) is 4.74 Å². The van der Waals surface area contributed by atoms with Crippen molar-refractivity contribution in [1.82, 2.24) is 0 Å². The molecule has 0 aliphatic heterocycles. The van der Waals surface area contributed by atoms with Gasteiger partial charge in [-0.3, -0.25) is 0 Å². The third kappa shape index (κ3) is 6.12. The number of halogens is 8. The minimum atomic E-state index is -5.03. The van der Waals surface area contributed by atoms with E-state index in [1.165, 1.54) is 24.3 Å². The lowest BCUT2D eigenvalue weighted by molar-refractivity contribution is -0.0803. The molecule has 2 aromatic rings. The van der Waals surface area contributed by atoms with E-state index in [1.807, 2.05) is 0 Å². The summed E-state index contributed by atoms with van der Waals surface area (Å²) in [5.41, 5.74) is -1.47. The van der Waals surface area contributed by atoms with Crippen molar-refractivity contribution in [2.75, 3.05) is 0 Å². The Bertz CT molecular complexity index is 791. The van der Waals surface area contributed by atoms with Crippen molar-refractivity contribution in [3.05, 3.63) is 83.4 Å². The Balaban J connectivity index is 2.61. The molecule has 0 atom stereocenters. The van der Waals surface area contributed by atoms with E-state index in [-0.39, 0.29) is 0 Å². The molecular formula is C18H10F8O. The Labute approximate surface area is 148 Å². The monoisotopic (exact) mass is 394 g/mol. The molecule has 9 heteroatoms. The fourth-order valence-corrected chi connectivity index (χ4v) is 2.06. The van der Waals surface area contributed by atoms with E-state index in [9.17, 15) is 35.1 Å². The summed E-state index contributed by atoms with van der Waals surface area (Å²) in [6.45, 7) is 0. The van der Waals surface area contributed by atoms with Crippen LogP contribution in [-0.4, -0.2) is 12.4 Å². The highest BCUT2D eigenvalue weighted by Crippen LogP contribution is 2.34. The van der Waals surface area contributed by atoms with Gasteiger partial charge in [-0.15, -0.1) is 0 Å². The van der Waals surface area contributed by atoms with Gasteiger partial charge in [0, 0.05) is 0 Å². The van der Waals surface area contributed by atoms with Crippen LogP contribution in [0.25, 0.3) is 11.5 Å². The summed E-state index contributed by atoms with van der Waals surface area (Å²) in [4.78, 5) is 0. The van der Waals surface area contributed by atoms with Crippen molar-refractivity contribution in [3.63, 3.8) is 0 Å². The smallest absolute Gasteiger partial charge is 0.413 e. The molecule has 0 aliphatic rings. The molecule has 27 heavy (non-hydrogen) atoms. The molecule has 0 saturated heterocycles. The number of benzene rings is 2. The first-order valence-electron chi connectivity index (χ1n) is 7.23. The average molecular weight is 394 g/mol. The van der Waals surface area contributed by atoms with Crippen LogP contribution < -0.4 is 0 Å². The zero-order valence-electron chi connectivity index (χ0n) is 13.2. The van der Waals surface area contributed by atoms with Gasteiger partial charge in [0.2, 0.25) is 0 Å². The fraction of sp³-hybridized carbons (Fsp3) is 0.111. The maximum absolute atomic E-state index is 13.9. The Kier molecular flexibility index (Phi) is 5.92. The van der Waals surface area contributed by atoms with E-state index in [2.05, 4.69) is 0 Å². The maximum atomic E-state index is 13.9. The third-order valence-corrected chi connectivity index (χ3v) is 3.09. The molecule has 0 N–H and O–H groups in total. The maximum Gasteiger partial charge on any atom is 0.413 e. The van der Waals surface area contributed by atoms with E-state index in [0.29, 0.717) is 0 Å². The van der Waals surface area contributed by atoms with Crippen molar-refractivity contribution in [1.29, 1.82) is 0 Å². The quantitative estimate of drug-likeness (QED) is 0.426. The first-order chi connectivity index (χ1) is 12.5. The number of alkyl halides is 6. The summed E-state index contributed by atoms with van der Waals surface area (Å²) in [7, 11) is 0. The van der Waals surface area contributed by atoms with E-state index in [0.717, 1.165) is 24.3 Å². The molecule has 2 aromatic carbocycles. The molecule has 0 fully saturated rings. The summed E-state index contributed by atoms with van der Waals surface area (Å²) in [5.74, 6) is -4.82. The lowest BCUT2D eigenvalue weighted by Gasteiger charge is -2.16. The van der Waals surface area contributed by atoms with E-state index < -0.39 is 58.8 Å². The van der Waals surface area contributed by atoms with Crippen molar-refractivity contribution >= 4 is 11.5 Å². The van der Waals surface area contributed by atoms with Crippen LogP contribution in [0.2, 0.25) is 0 Å². The van der Waals surface area contributed by atoms with Gasteiger partial charge in [0.15, 0.2) is 0 Å². The van der Waals surface area contributed by atoms with Gasteiger partial charge in [0.05, 0.1) is 23.3 Å². The number of hydrogen-bond acceptors (Lipinski definition) is 1. The second-order valence-corrected chi connectivity index (χ2v) is 5.16. The lowest BCUT2D eigenvalue weighted by Crippen LogP contribution is -2.09. The lowest BCUT2D eigenvalue weighted by atomic mass is 10.1. The van der Waals surface area contributed by atoms with Crippen molar-refractivity contribution in [2.24, 2.45) is 0 Å². The van der Waals surface area contributed by atoms with Crippen molar-refractivity contribution in [2.45, 2.75) is 12.4 Å². The van der Waals surface area contributed by atoms with Crippen LogP contribution in [-0.2, 0) is 4.74 Å². The number of ether oxygens (including phenoxy) is 1. The second-order valence-electron chi connectivity index (χ2n) is 5.16. The van der Waals surface area contributed by atoms with E-state index in [1.54, 1.807) is 0 Å². The van der Waals surface area contributed by atoms with Gasteiger partial charge < -0.3 is 4.74 Å². The van der Waals surface area contributed by atoms with Gasteiger partial charge in [0.1, 0.15) is 23.2 Å². The van der Waals surface area contributed by atoms with Crippen LogP contribution in [0.5, 0.6) is 0 Å². The van der Waals surface area contributed by atoms with Gasteiger partial charge in [-0.1, -0.05) is 24.3 Å². The molecule has 1 nitrogen and oxygen atoms in total.